The third kappa shape index (κ3) is 11.4. The van der Waals surface area contributed by atoms with Crippen LogP contribution in [-0.2, 0) is 33.4 Å². The summed E-state index contributed by atoms with van der Waals surface area (Å²) in [5, 5.41) is 5.33. The molecule has 1 rings (SSSR count). The Morgan fingerprint density at radius 3 is 2.37 bits per heavy atom. The number of nitrogens with zero attached hydrogens (tertiary/aromatic N) is 1. The molecule has 0 aliphatic carbocycles. The molecule has 1 atom stereocenters. The van der Waals surface area contributed by atoms with Crippen LogP contribution in [0.25, 0.3) is 0 Å². The van der Waals surface area contributed by atoms with Gasteiger partial charge in [-0.2, -0.15) is 0 Å². The molecule has 11 heteroatoms. The fourth-order valence-corrected chi connectivity index (χ4v) is 2.45. The van der Waals surface area contributed by atoms with E-state index in [0.29, 0.717) is 19.3 Å². The molecule has 0 aromatic carbocycles. The monoisotopic (exact) mass is 426 g/mol. The van der Waals surface area contributed by atoms with E-state index in [4.69, 9.17) is 15.2 Å². The Hall–Kier alpha value is -2.63. The molecule has 0 spiro atoms. The summed E-state index contributed by atoms with van der Waals surface area (Å²) in [6, 6.07) is -0.443. The van der Waals surface area contributed by atoms with Crippen molar-refractivity contribution in [3.8, 4) is 0 Å². The van der Waals surface area contributed by atoms with E-state index in [1.165, 1.54) is 12.2 Å². The summed E-state index contributed by atoms with van der Waals surface area (Å²) in [5.74, 6) is -1.34. The summed E-state index contributed by atoms with van der Waals surface area (Å²) in [4.78, 5) is 57.3. The van der Waals surface area contributed by atoms with Crippen molar-refractivity contribution in [2.75, 3.05) is 46.1 Å². The zero-order valence-corrected chi connectivity index (χ0v) is 17.0. The molecule has 1 aliphatic heterocycles. The van der Waals surface area contributed by atoms with E-state index in [2.05, 4.69) is 10.6 Å². The lowest BCUT2D eigenvalue weighted by molar-refractivity contribution is -0.137. The Kier molecular flexibility index (Phi) is 12.9. The average Bonchev–Trinajstić information content (AvgIpc) is 3.05. The van der Waals surface area contributed by atoms with Crippen LogP contribution in [-0.4, -0.2) is 86.9 Å². The van der Waals surface area contributed by atoms with E-state index in [0.717, 1.165) is 17.7 Å². The normalized spacial score (nSPS) is 14.1. The van der Waals surface area contributed by atoms with E-state index in [9.17, 15) is 24.0 Å². The molecule has 1 aliphatic rings. The third-order valence-corrected chi connectivity index (χ3v) is 4.10. The molecule has 0 aromatic heterocycles. The van der Waals surface area contributed by atoms with Crippen LogP contribution in [0.4, 0.5) is 0 Å². The van der Waals surface area contributed by atoms with Crippen molar-refractivity contribution in [2.24, 2.45) is 5.73 Å². The predicted octanol–water partition coefficient (Wildman–Crippen LogP) is -1.74. The first-order valence-electron chi connectivity index (χ1n) is 9.87. The Morgan fingerprint density at radius 2 is 1.67 bits per heavy atom. The fourth-order valence-electron chi connectivity index (χ4n) is 2.45. The number of nitrogens with two attached hydrogens (primary N) is 1. The van der Waals surface area contributed by atoms with Gasteiger partial charge in [-0.05, 0) is 19.3 Å². The second-order valence-corrected chi connectivity index (χ2v) is 6.57. The standard InChI is InChI=1S/C19H30N4O7/c20-15(13-24)3-1-2-7-21-17(26)14-30-12-11-29-10-8-22-16(25)6-9-23-18(27)4-5-19(23)28/h4-5,13,15H,1-3,6-12,14,20H2,(H,21,26)(H,22,25). The predicted molar refractivity (Wildman–Crippen MR) is 106 cm³/mol. The Balaban J connectivity index is 1.88. The van der Waals surface area contributed by atoms with Gasteiger partial charge in [0.05, 0.1) is 25.9 Å². The number of amides is 4. The van der Waals surface area contributed by atoms with Gasteiger partial charge in [0.1, 0.15) is 12.9 Å². The van der Waals surface area contributed by atoms with Crippen molar-refractivity contribution in [3.05, 3.63) is 12.2 Å². The lowest BCUT2D eigenvalue weighted by Gasteiger charge is -2.13. The number of nitrogens with one attached hydrogen (secondary N) is 2. The minimum Gasteiger partial charge on any atom is -0.377 e. The molecule has 0 bridgehead atoms. The summed E-state index contributed by atoms with van der Waals surface area (Å²) >= 11 is 0. The molecular weight excluding hydrogens is 396 g/mol. The number of unbranched alkanes of at least 4 members (excludes halogenated alkanes) is 1. The van der Waals surface area contributed by atoms with Gasteiger partial charge < -0.3 is 30.6 Å². The molecule has 11 nitrogen and oxygen atoms in total. The van der Waals surface area contributed by atoms with Crippen LogP contribution >= 0.6 is 0 Å². The summed E-state index contributed by atoms with van der Waals surface area (Å²) < 4.78 is 10.5. The van der Waals surface area contributed by atoms with Crippen molar-refractivity contribution in [3.63, 3.8) is 0 Å². The fraction of sp³-hybridized carbons (Fsp3) is 0.632. The number of hydrogen-bond acceptors (Lipinski definition) is 8. The highest BCUT2D eigenvalue weighted by atomic mass is 16.5. The largest absolute Gasteiger partial charge is 0.377 e. The summed E-state index contributed by atoms with van der Waals surface area (Å²) in [7, 11) is 0. The molecule has 0 fully saturated rings. The highest BCUT2D eigenvalue weighted by Crippen LogP contribution is 2.03. The summed E-state index contributed by atoms with van der Waals surface area (Å²) in [6.07, 6.45) is 5.19. The number of aldehydes is 1. The molecule has 0 aromatic rings. The van der Waals surface area contributed by atoms with Crippen LogP contribution in [0.5, 0.6) is 0 Å². The number of carbonyl (C=O) groups excluding carboxylic acids is 5. The highest BCUT2D eigenvalue weighted by Gasteiger charge is 2.23. The van der Waals surface area contributed by atoms with Crippen molar-refractivity contribution in [1.29, 1.82) is 0 Å². The first-order chi connectivity index (χ1) is 14.4. The zero-order chi connectivity index (χ0) is 22.2. The van der Waals surface area contributed by atoms with Gasteiger partial charge in [-0.3, -0.25) is 24.1 Å². The second kappa shape index (κ2) is 15.2. The van der Waals surface area contributed by atoms with Crippen LogP contribution in [0.3, 0.4) is 0 Å². The van der Waals surface area contributed by atoms with Gasteiger partial charge in [-0.15, -0.1) is 0 Å². The van der Waals surface area contributed by atoms with Gasteiger partial charge in [0, 0.05) is 38.2 Å². The number of imide groups is 1. The van der Waals surface area contributed by atoms with Crippen LogP contribution in [0.1, 0.15) is 25.7 Å². The molecule has 0 radical (unpaired) electrons. The molecule has 1 heterocycles. The number of hydrogen-bond donors (Lipinski definition) is 3. The van der Waals surface area contributed by atoms with Gasteiger partial charge in [-0.1, -0.05) is 0 Å². The maximum Gasteiger partial charge on any atom is 0.253 e. The van der Waals surface area contributed by atoms with Crippen molar-refractivity contribution in [1.82, 2.24) is 15.5 Å². The minimum atomic E-state index is -0.443. The first kappa shape index (κ1) is 25.4. The summed E-state index contributed by atoms with van der Waals surface area (Å²) in [6.45, 7) is 1.54. The molecular formula is C19H30N4O7. The van der Waals surface area contributed by atoms with E-state index in [1.807, 2.05) is 0 Å². The van der Waals surface area contributed by atoms with Gasteiger partial charge in [-0.25, -0.2) is 0 Å². The maximum atomic E-state index is 11.7. The van der Waals surface area contributed by atoms with E-state index < -0.39 is 17.9 Å². The molecule has 4 amide bonds. The molecule has 168 valence electrons. The van der Waals surface area contributed by atoms with Gasteiger partial charge in [0.15, 0.2) is 0 Å². The smallest absolute Gasteiger partial charge is 0.253 e. The van der Waals surface area contributed by atoms with Crippen molar-refractivity contribution >= 4 is 29.9 Å². The lowest BCUT2D eigenvalue weighted by Crippen LogP contribution is -2.35. The van der Waals surface area contributed by atoms with E-state index >= 15 is 0 Å². The van der Waals surface area contributed by atoms with Crippen LogP contribution in [0.15, 0.2) is 12.2 Å². The topological polar surface area (TPSA) is 157 Å². The van der Waals surface area contributed by atoms with Gasteiger partial charge in [0.25, 0.3) is 11.8 Å². The van der Waals surface area contributed by atoms with Crippen LogP contribution in [0, 0.1) is 0 Å². The summed E-state index contributed by atoms with van der Waals surface area (Å²) in [5.41, 5.74) is 5.47. The Labute approximate surface area is 175 Å². The van der Waals surface area contributed by atoms with Gasteiger partial charge in [0.2, 0.25) is 11.8 Å². The number of rotatable bonds is 17. The molecule has 4 N–H and O–H groups in total. The lowest BCUT2D eigenvalue weighted by atomic mass is 10.1. The highest BCUT2D eigenvalue weighted by molar-refractivity contribution is 6.13. The number of carbonyl (C=O) groups is 5. The van der Waals surface area contributed by atoms with E-state index in [1.54, 1.807) is 0 Å². The molecule has 30 heavy (non-hydrogen) atoms. The van der Waals surface area contributed by atoms with Gasteiger partial charge >= 0.3 is 0 Å². The van der Waals surface area contributed by atoms with Crippen LogP contribution in [0.2, 0.25) is 0 Å². The van der Waals surface area contributed by atoms with Crippen molar-refractivity contribution < 1.29 is 33.4 Å². The molecule has 0 saturated carbocycles. The molecule has 0 saturated heterocycles. The second-order valence-electron chi connectivity index (χ2n) is 6.57. The van der Waals surface area contributed by atoms with E-state index in [-0.39, 0.29) is 57.8 Å². The molecule has 1 unspecified atom stereocenters. The minimum absolute atomic E-state index is 0.0290. The SMILES string of the molecule is NC(C=O)CCCCNC(=O)COCCOCCNC(=O)CCN1C(=O)C=CC1=O. The third-order valence-electron chi connectivity index (χ3n) is 4.10. The van der Waals surface area contributed by atoms with Crippen LogP contribution < -0.4 is 16.4 Å². The quantitative estimate of drug-likeness (QED) is 0.141. The zero-order valence-electron chi connectivity index (χ0n) is 17.0. The maximum absolute atomic E-state index is 11.7. The first-order valence-corrected chi connectivity index (χ1v) is 9.87. The Bertz CT molecular complexity index is 606. The average molecular weight is 426 g/mol. The van der Waals surface area contributed by atoms with Crippen molar-refractivity contribution in [2.45, 2.75) is 31.7 Å². The number of ether oxygens (including phenoxy) is 2. The Morgan fingerprint density at radius 1 is 1.00 bits per heavy atom.